The minimum Gasteiger partial charge on any atom is -0.494 e. The molecule has 2 rings (SSSR count). The Morgan fingerprint density at radius 2 is 1.54 bits per heavy atom. The van der Waals surface area contributed by atoms with Gasteiger partial charge < -0.3 is 4.74 Å². The summed E-state index contributed by atoms with van der Waals surface area (Å²) in [6.07, 6.45) is 0. The second-order valence-electron chi connectivity index (χ2n) is 4.30. The van der Waals surface area contributed by atoms with Crippen molar-refractivity contribution < 1.29 is 35.5 Å². The number of rotatable bonds is 4. The lowest BCUT2D eigenvalue weighted by molar-refractivity contribution is 0.379. The molecule has 0 aliphatic heterocycles. The molecule has 0 bridgehead atoms. The van der Waals surface area contributed by atoms with Gasteiger partial charge >= 0.3 is 0 Å². The second kappa shape index (κ2) is 6.91. The topological polar surface area (TPSA) is 58.6 Å². The molecule has 0 saturated carbocycles. The predicted octanol–water partition coefficient (Wildman–Crippen LogP) is 4.26. The fourth-order valence-corrected chi connectivity index (χ4v) is 2.67. The first-order valence-electron chi connectivity index (χ1n) is 5.96. The molecule has 0 radical (unpaired) electrons. The minimum atomic E-state index is -2.52. The third-order valence-corrected chi connectivity index (χ3v) is 3.75. The number of nitrogens with one attached hydrogen (secondary N) is 1. The Labute approximate surface area is 139 Å². The maximum Gasteiger partial charge on any atom is 0.259 e. The van der Waals surface area contributed by atoms with Crippen molar-refractivity contribution in [3.8, 4) is 16.9 Å². The van der Waals surface area contributed by atoms with Crippen LogP contribution in [0.25, 0.3) is 11.1 Å². The van der Waals surface area contributed by atoms with Crippen LogP contribution >= 0.6 is 11.6 Å². The summed E-state index contributed by atoms with van der Waals surface area (Å²) in [6.45, 7) is 0. The van der Waals surface area contributed by atoms with Gasteiger partial charge in [0.25, 0.3) is 11.3 Å². The van der Waals surface area contributed by atoms with E-state index in [9.17, 15) is 26.2 Å². The normalized spacial score (nSPS) is 12.2. The van der Waals surface area contributed by atoms with E-state index < -0.39 is 57.2 Å². The molecule has 2 aromatic rings. The zero-order chi connectivity index (χ0) is 18.2. The number of ether oxygens (including phenoxy) is 1. The van der Waals surface area contributed by atoms with Crippen molar-refractivity contribution in [3.63, 3.8) is 0 Å². The molecule has 0 heterocycles. The lowest BCUT2D eigenvalue weighted by Gasteiger charge is -2.15. The molecule has 2 aromatic carbocycles. The molecular formula is C13H7ClF5NO3S. The van der Waals surface area contributed by atoms with Crippen molar-refractivity contribution >= 4 is 28.6 Å². The number of benzene rings is 2. The first-order valence-corrected chi connectivity index (χ1v) is 7.45. The van der Waals surface area contributed by atoms with E-state index in [-0.39, 0.29) is 10.7 Å². The Morgan fingerprint density at radius 1 is 1.04 bits per heavy atom. The number of hydrogen-bond donors (Lipinski definition) is 2. The fraction of sp³-hybridized carbons (Fsp3) is 0.0769. The van der Waals surface area contributed by atoms with Gasteiger partial charge in [-0.1, -0.05) is 11.6 Å². The minimum absolute atomic E-state index is 0.151. The summed E-state index contributed by atoms with van der Waals surface area (Å²) >= 11 is 3.37. The molecular weight excluding hydrogens is 381 g/mol. The largest absolute Gasteiger partial charge is 0.494 e. The van der Waals surface area contributed by atoms with Gasteiger partial charge in [-0.3, -0.25) is 9.27 Å². The monoisotopic (exact) mass is 387 g/mol. The predicted molar refractivity (Wildman–Crippen MR) is 77.6 cm³/mol. The van der Waals surface area contributed by atoms with Crippen molar-refractivity contribution in [2.45, 2.75) is 0 Å². The maximum absolute atomic E-state index is 13.9. The summed E-state index contributed by atoms with van der Waals surface area (Å²) in [7, 11) is 1.04. The van der Waals surface area contributed by atoms with Gasteiger partial charge in [0.15, 0.2) is 23.3 Å². The van der Waals surface area contributed by atoms with Gasteiger partial charge in [0.2, 0.25) is 5.82 Å². The lowest BCUT2D eigenvalue weighted by atomic mass is 10.0. The first kappa shape index (κ1) is 18.4. The first-order chi connectivity index (χ1) is 11.2. The fourth-order valence-electron chi connectivity index (χ4n) is 1.97. The summed E-state index contributed by atoms with van der Waals surface area (Å²) in [6, 6.07) is 1.95. The molecule has 0 saturated heterocycles. The van der Waals surface area contributed by atoms with Crippen molar-refractivity contribution in [3.05, 3.63) is 46.2 Å². The second-order valence-corrected chi connectivity index (χ2v) is 5.38. The molecule has 0 spiro atoms. The molecule has 0 aliphatic carbocycles. The van der Waals surface area contributed by atoms with E-state index >= 15 is 0 Å². The average molecular weight is 388 g/mol. The van der Waals surface area contributed by atoms with Crippen LogP contribution < -0.4 is 9.46 Å². The Hall–Kier alpha value is -1.91. The van der Waals surface area contributed by atoms with Gasteiger partial charge in [0.05, 0.1) is 18.4 Å². The van der Waals surface area contributed by atoms with Gasteiger partial charge in [-0.05, 0) is 12.1 Å². The van der Waals surface area contributed by atoms with Gasteiger partial charge in [-0.15, -0.1) is 0 Å². The van der Waals surface area contributed by atoms with Gasteiger partial charge in [0, 0.05) is 5.56 Å². The summed E-state index contributed by atoms with van der Waals surface area (Å²) in [5.74, 6) is -11.1. The summed E-state index contributed by atoms with van der Waals surface area (Å²) in [5.41, 5.74) is -1.91. The van der Waals surface area contributed by atoms with Crippen LogP contribution in [0.3, 0.4) is 0 Å². The zero-order valence-electron chi connectivity index (χ0n) is 11.6. The number of hydrogen-bond acceptors (Lipinski definition) is 2. The van der Waals surface area contributed by atoms with Crippen molar-refractivity contribution in [1.82, 2.24) is 0 Å². The summed E-state index contributed by atoms with van der Waals surface area (Å²) in [5, 5.41) is -0.388. The van der Waals surface area contributed by atoms with Crippen LogP contribution in [0.15, 0.2) is 12.1 Å². The zero-order valence-corrected chi connectivity index (χ0v) is 13.2. The van der Waals surface area contributed by atoms with Crippen LogP contribution in [0.5, 0.6) is 5.75 Å². The van der Waals surface area contributed by atoms with E-state index in [1.807, 2.05) is 4.72 Å². The van der Waals surface area contributed by atoms with E-state index in [0.717, 1.165) is 19.2 Å². The Kier molecular flexibility index (Phi) is 5.31. The highest BCUT2D eigenvalue weighted by molar-refractivity contribution is 7.80. The molecule has 0 amide bonds. The molecule has 0 aliphatic rings. The van der Waals surface area contributed by atoms with E-state index in [2.05, 4.69) is 0 Å². The highest BCUT2D eigenvalue weighted by Gasteiger charge is 2.29. The van der Waals surface area contributed by atoms with Crippen LogP contribution in [-0.4, -0.2) is 15.9 Å². The summed E-state index contributed by atoms with van der Waals surface area (Å²) in [4.78, 5) is 0. The number of methoxy groups -OCH3 is 1. The average Bonchev–Trinajstić information content (AvgIpc) is 2.53. The van der Waals surface area contributed by atoms with Gasteiger partial charge in [-0.25, -0.2) is 26.2 Å². The number of halogens is 6. The van der Waals surface area contributed by atoms with Crippen molar-refractivity contribution in [2.75, 3.05) is 11.8 Å². The maximum atomic E-state index is 13.9. The Balaban J connectivity index is 2.79. The molecule has 0 fully saturated rings. The van der Waals surface area contributed by atoms with E-state index in [4.69, 9.17) is 20.9 Å². The Bertz CT molecular complexity index is 820. The SMILES string of the molecule is COc1c(-c2c(F)c(F)c(F)c(F)c2F)ccc(NS(=O)O)c1Cl. The third-order valence-electron chi connectivity index (χ3n) is 2.98. The van der Waals surface area contributed by atoms with E-state index in [0.29, 0.717) is 0 Å². The van der Waals surface area contributed by atoms with Crippen LogP contribution in [0.2, 0.25) is 5.02 Å². The number of anilines is 1. The molecule has 2 N–H and O–H groups in total. The highest BCUT2D eigenvalue weighted by atomic mass is 35.5. The molecule has 11 heteroatoms. The van der Waals surface area contributed by atoms with Crippen LogP contribution in [0, 0.1) is 29.1 Å². The Morgan fingerprint density at radius 3 is 2.00 bits per heavy atom. The van der Waals surface area contributed by atoms with Gasteiger partial charge in [0.1, 0.15) is 10.8 Å². The third kappa shape index (κ3) is 3.04. The highest BCUT2D eigenvalue weighted by Crippen LogP contribution is 2.43. The van der Waals surface area contributed by atoms with E-state index in [1.165, 1.54) is 0 Å². The molecule has 4 nitrogen and oxygen atoms in total. The molecule has 1 unspecified atom stereocenters. The smallest absolute Gasteiger partial charge is 0.259 e. The molecule has 130 valence electrons. The van der Waals surface area contributed by atoms with Crippen molar-refractivity contribution in [1.29, 1.82) is 0 Å². The quantitative estimate of drug-likeness (QED) is 0.357. The molecule has 1 atom stereocenters. The van der Waals surface area contributed by atoms with Crippen LogP contribution in [0.4, 0.5) is 27.6 Å². The van der Waals surface area contributed by atoms with Gasteiger partial charge in [-0.2, -0.15) is 0 Å². The molecule has 24 heavy (non-hydrogen) atoms. The standard InChI is InChI=1S/C13H7ClF5NO3S/c1-23-13-4(2-3-5(7(13)14)20-24(21)22)6-8(15)10(17)12(19)11(18)9(6)16/h2-3,20H,1H3,(H,21,22). The summed E-state index contributed by atoms with van der Waals surface area (Å²) < 4.78 is 94.1. The van der Waals surface area contributed by atoms with E-state index in [1.54, 1.807) is 0 Å². The van der Waals surface area contributed by atoms with Crippen LogP contribution in [0.1, 0.15) is 0 Å². The van der Waals surface area contributed by atoms with Crippen LogP contribution in [-0.2, 0) is 11.3 Å². The molecule has 0 aromatic heterocycles. The van der Waals surface area contributed by atoms with Crippen molar-refractivity contribution in [2.24, 2.45) is 0 Å². The lowest BCUT2D eigenvalue weighted by Crippen LogP contribution is -2.06.